The zero-order chi connectivity index (χ0) is 12.3. The summed E-state index contributed by atoms with van der Waals surface area (Å²) in [7, 11) is 0. The van der Waals surface area contributed by atoms with Crippen LogP contribution in [0.3, 0.4) is 0 Å². The maximum atomic E-state index is 11.5. The molecule has 2 aliphatic carbocycles. The normalized spacial score (nSPS) is 22.1. The van der Waals surface area contributed by atoms with Gasteiger partial charge in [-0.05, 0) is 43.9 Å². The van der Waals surface area contributed by atoms with E-state index >= 15 is 0 Å². The molecule has 1 spiro atoms. The lowest BCUT2D eigenvalue weighted by molar-refractivity contribution is -0.136. The van der Waals surface area contributed by atoms with Gasteiger partial charge in [-0.25, -0.2) is 4.79 Å². The summed E-state index contributed by atoms with van der Waals surface area (Å²) in [5, 5.41) is 13.9. The second-order valence-electron chi connectivity index (χ2n) is 5.32. The lowest BCUT2D eigenvalue weighted by atomic mass is 9.83. The van der Waals surface area contributed by atoms with Gasteiger partial charge in [0.15, 0.2) is 0 Å². The van der Waals surface area contributed by atoms with Crippen molar-refractivity contribution in [2.24, 2.45) is 5.41 Å². The van der Waals surface area contributed by atoms with Gasteiger partial charge in [-0.3, -0.25) is 4.79 Å². The number of aliphatic carboxylic acids is 1. The number of hydrogen-bond donors (Lipinski definition) is 3. The Balaban J connectivity index is 1.60. The second-order valence-corrected chi connectivity index (χ2v) is 5.32. The molecule has 0 heterocycles. The van der Waals surface area contributed by atoms with Gasteiger partial charge in [0, 0.05) is 12.6 Å². The molecule has 96 valence electrons. The lowest BCUT2D eigenvalue weighted by Crippen LogP contribution is -2.44. The van der Waals surface area contributed by atoms with Crippen molar-refractivity contribution in [1.82, 2.24) is 10.6 Å². The Labute approximate surface area is 101 Å². The van der Waals surface area contributed by atoms with Crippen molar-refractivity contribution in [1.29, 1.82) is 0 Å². The van der Waals surface area contributed by atoms with Crippen LogP contribution in [0.15, 0.2) is 0 Å². The molecule has 2 rings (SSSR count). The van der Waals surface area contributed by atoms with Gasteiger partial charge in [-0.1, -0.05) is 0 Å². The van der Waals surface area contributed by atoms with Crippen molar-refractivity contribution in [3.63, 3.8) is 0 Å². The fraction of sp³-hybridized carbons (Fsp3) is 0.833. The summed E-state index contributed by atoms with van der Waals surface area (Å²) in [5.41, 5.74) is 0.637. The van der Waals surface area contributed by atoms with E-state index in [2.05, 4.69) is 10.6 Å². The maximum absolute atomic E-state index is 11.5. The number of rotatable bonds is 4. The van der Waals surface area contributed by atoms with E-state index in [0.29, 0.717) is 5.41 Å². The number of urea groups is 1. The first-order valence-corrected chi connectivity index (χ1v) is 6.36. The number of carbonyl (C=O) groups is 2. The predicted octanol–water partition coefficient (Wildman–Crippen LogP) is 1.48. The van der Waals surface area contributed by atoms with Gasteiger partial charge >= 0.3 is 12.0 Å². The Morgan fingerprint density at radius 2 is 1.82 bits per heavy atom. The van der Waals surface area contributed by atoms with Gasteiger partial charge in [0.25, 0.3) is 0 Å². The van der Waals surface area contributed by atoms with Crippen LogP contribution in [-0.2, 0) is 4.79 Å². The molecule has 17 heavy (non-hydrogen) atoms. The number of carboxylic acid groups (broad SMARTS) is 1. The Morgan fingerprint density at radius 3 is 2.35 bits per heavy atom. The van der Waals surface area contributed by atoms with Gasteiger partial charge in [0.1, 0.15) is 0 Å². The van der Waals surface area contributed by atoms with Crippen LogP contribution in [0.25, 0.3) is 0 Å². The minimum atomic E-state index is -0.890. The molecule has 2 amide bonds. The Hall–Kier alpha value is -1.26. The van der Waals surface area contributed by atoms with E-state index in [1.165, 1.54) is 25.7 Å². The first-order chi connectivity index (χ1) is 8.10. The molecule has 2 aliphatic rings. The molecule has 5 heteroatoms. The standard InChI is InChI=1S/C12H20N2O3/c15-10(16)3-8-13-11(17)14-9-1-4-12(5-2-9)6-7-12/h9H,1-8H2,(H,15,16)(H2,13,14,17). The summed E-state index contributed by atoms with van der Waals surface area (Å²) in [4.78, 5) is 21.7. The molecule has 0 aromatic rings. The number of carboxylic acids is 1. The number of carbonyl (C=O) groups excluding carboxylic acids is 1. The third-order valence-corrected chi connectivity index (χ3v) is 3.96. The van der Waals surface area contributed by atoms with E-state index in [4.69, 9.17) is 5.11 Å². The fourth-order valence-corrected chi connectivity index (χ4v) is 2.57. The summed E-state index contributed by atoms with van der Waals surface area (Å²) < 4.78 is 0. The van der Waals surface area contributed by atoms with Crippen molar-refractivity contribution >= 4 is 12.0 Å². The zero-order valence-corrected chi connectivity index (χ0v) is 10.00. The van der Waals surface area contributed by atoms with Gasteiger partial charge in [0.2, 0.25) is 0 Å². The van der Waals surface area contributed by atoms with Gasteiger partial charge in [-0.2, -0.15) is 0 Å². The van der Waals surface area contributed by atoms with E-state index in [-0.39, 0.29) is 25.0 Å². The first-order valence-electron chi connectivity index (χ1n) is 6.36. The second kappa shape index (κ2) is 4.94. The highest BCUT2D eigenvalue weighted by Gasteiger charge is 2.44. The van der Waals surface area contributed by atoms with Crippen molar-refractivity contribution in [3.8, 4) is 0 Å². The van der Waals surface area contributed by atoms with Crippen LogP contribution in [0.5, 0.6) is 0 Å². The van der Waals surface area contributed by atoms with Crippen LogP contribution in [0.1, 0.15) is 44.9 Å². The highest BCUT2D eigenvalue weighted by molar-refractivity contribution is 5.75. The molecule has 2 fully saturated rings. The van der Waals surface area contributed by atoms with Crippen LogP contribution in [0.2, 0.25) is 0 Å². The van der Waals surface area contributed by atoms with E-state index in [9.17, 15) is 9.59 Å². The summed E-state index contributed by atoms with van der Waals surface area (Å²) in [6, 6.07) is 0.0362. The third kappa shape index (κ3) is 3.61. The molecule has 0 unspecified atom stereocenters. The highest BCUT2D eigenvalue weighted by Crippen LogP contribution is 2.56. The van der Waals surface area contributed by atoms with Crippen LogP contribution in [-0.4, -0.2) is 29.7 Å². The molecule has 0 aromatic heterocycles. The SMILES string of the molecule is O=C(O)CCNC(=O)NC1CCC2(CC1)CC2. The van der Waals surface area contributed by atoms with E-state index < -0.39 is 5.97 Å². The molecule has 0 aromatic carbocycles. The number of nitrogens with one attached hydrogen (secondary N) is 2. The Kier molecular flexibility index (Phi) is 3.54. The molecule has 3 N–H and O–H groups in total. The van der Waals surface area contributed by atoms with Crippen molar-refractivity contribution in [2.75, 3.05) is 6.54 Å². The first kappa shape index (κ1) is 12.2. The molecule has 0 aliphatic heterocycles. The molecule has 0 bridgehead atoms. The third-order valence-electron chi connectivity index (χ3n) is 3.96. The molecule has 0 atom stereocenters. The average Bonchev–Trinajstić information content (AvgIpc) is 3.02. The molecule has 5 nitrogen and oxygen atoms in total. The largest absolute Gasteiger partial charge is 0.481 e. The van der Waals surface area contributed by atoms with Crippen molar-refractivity contribution in [2.45, 2.75) is 51.0 Å². The quantitative estimate of drug-likeness (QED) is 0.696. The Morgan fingerprint density at radius 1 is 1.18 bits per heavy atom. The molecule has 0 saturated heterocycles. The lowest BCUT2D eigenvalue weighted by Gasteiger charge is -2.29. The van der Waals surface area contributed by atoms with Crippen molar-refractivity contribution in [3.05, 3.63) is 0 Å². The number of amides is 2. The van der Waals surface area contributed by atoms with Crippen LogP contribution in [0, 0.1) is 5.41 Å². The summed E-state index contributed by atoms with van der Waals surface area (Å²) >= 11 is 0. The maximum Gasteiger partial charge on any atom is 0.315 e. The minimum Gasteiger partial charge on any atom is -0.481 e. The van der Waals surface area contributed by atoms with Gasteiger partial charge < -0.3 is 15.7 Å². The summed E-state index contributed by atoms with van der Waals surface area (Å²) in [6.45, 7) is 0.192. The number of hydrogen-bond acceptors (Lipinski definition) is 2. The summed E-state index contributed by atoms with van der Waals surface area (Å²) in [6.07, 6.45) is 7.29. The van der Waals surface area contributed by atoms with Crippen LogP contribution >= 0.6 is 0 Å². The van der Waals surface area contributed by atoms with Crippen LogP contribution < -0.4 is 10.6 Å². The molecular weight excluding hydrogens is 220 g/mol. The van der Waals surface area contributed by atoms with E-state index in [1.807, 2.05) is 0 Å². The van der Waals surface area contributed by atoms with E-state index in [1.54, 1.807) is 0 Å². The zero-order valence-electron chi connectivity index (χ0n) is 10.00. The molecular formula is C12H20N2O3. The van der Waals surface area contributed by atoms with Gasteiger partial charge in [-0.15, -0.1) is 0 Å². The van der Waals surface area contributed by atoms with E-state index in [0.717, 1.165) is 12.8 Å². The van der Waals surface area contributed by atoms with Crippen molar-refractivity contribution < 1.29 is 14.7 Å². The smallest absolute Gasteiger partial charge is 0.315 e. The average molecular weight is 240 g/mol. The predicted molar refractivity (Wildman–Crippen MR) is 62.7 cm³/mol. The summed E-state index contributed by atoms with van der Waals surface area (Å²) in [5.74, 6) is -0.890. The molecule has 0 radical (unpaired) electrons. The Bertz CT molecular complexity index is 303. The molecule has 2 saturated carbocycles. The van der Waals surface area contributed by atoms with Crippen LogP contribution in [0.4, 0.5) is 4.79 Å². The fourth-order valence-electron chi connectivity index (χ4n) is 2.57. The monoisotopic (exact) mass is 240 g/mol. The highest BCUT2D eigenvalue weighted by atomic mass is 16.4. The minimum absolute atomic E-state index is 0.0266. The topological polar surface area (TPSA) is 78.4 Å². The van der Waals surface area contributed by atoms with Gasteiger partial charge in [0.05, 0.1) is 6.42 Å².